The predicted octanol–water partition coefficient (Wildman–Crippen LogP) is 2.17. The number of aromatic nitrogens is 1. The Labute approximate surface area is 83.3 Å². The van der Waals surface area contributed by atoms with Gasteiger partial charge in [-0.25, -0.2) is 4.98 Å². The molecule has 0 unspecified atom stereocenters. The number of hydrogen-bond acceptors (Lipinski definition) is 3. The van der Waals surface area contributed by atoms with Crippen molar-refractivity contribution in [1.82, 2.24) is 4.98 Å². The highest BCUT2D eigenvalue weighted by Crippen LogP contribution is 2.20. The second kappa shape index (κ2) is 5.04. The minimum atomic E-state index is 0.504. The molecule has 0 bridgehead atoms. The summed E-state index contributed by atoms with van der Waals surface area (Å²) in [5, 5.41) is 0.504. The number of rotatable bonds is 4. The van der Waals surface area contributed by atoms with E-state index in [0.29, 0.717) is 18.5 Å². The molecule has 0 radical (unpaired) electrons. The van der Waals surface area contributed by atoms with Crippen molar-refractivity contribution in [3.8, 4) is 0 Å². The lowest BCUT2D eigenvalue weighted by atomic mass is 10.4. The van der Waals surface area contributed by atoms with Gasteiger partial charge >= 0.3 is 0 Å². The zero-order valence-corrected chi connectivity index (χ0v) is 8.58. The Morgan fingerprint density at radius 1 is 1.62 bits per heavy atom. The van der Waals surface area contributed by atoms with Gasteiger partial charge in [-0.2, -0.15) is 0 Å². The van der Waals surface area contributed by atoms with E-state index < -0.39 is 0 Å². The molecule has 72 valence electrons. The lowest BCUT2D eigenvalue weighted by Gasteiger charge is -2.18. The van der Waals surface area contributed by atoms with Gasteiger partial charge in [0.15, 0.2) is 5.15 Å². The fourth-order valence-corrected chi connectivity index (χ4v) is 1.22. The number of pyridine rings is 1. The Morgan fingerprint density at radius 2 is 2.38 bits per heavy atom. The van der Waals surface area contributed by atoms with Crippen LogP contribution in [0.1, 0.15) is 6.92 Å². The number of ether oxygens (including phenoxy) is 1. The molecular formula is C9H13ClN2O. The van der Waals surface area contributed by atoms with Crippen LogP contribution in [0.5, 0.6) is 0 Å². The maximum absolute atomic E-state index is 5.89. The van der Waals surface area contributed by atoms with Crippen molar-refractivity contribution >= 4 is 17.3 Å². The molecule has 0 aromatic carbocycles. The number of nitrogens with zero attached hydrogens (tertiary/aromatic N) is 2. The summed E-state index contributed by atoms with van der Waals surface area (Å²) in [6.45, 7) is 3.18. The second-order valence-corrected chi connectivity index (χ2v) is 2.99. The molecule has 0 saturated carbocycles. The zero-order chi connectivity index (χ0) is 9.68. The third-order valence-electron chi connectivity index (χ3n) is 1.64. The molecule has 1 rings (SSSR count). The van der Waals surface area contributed by atoms with Gasteiger partial charge in [0.25, 0.3) is 0 Å². The highest BCUT2D eigenvalue weighted by molar-refractivity contribution is 6.31. The van der Waals surface area contributed by atoms with Gasteiger partial charge in [0.2, 0.25) is 0 Å². The van der Waals surface area contributed by atoms with Crippen molar-refractivity contribution in [1.29, 1.82) is 0 Å². The fraction of sp³-hybridized carbons (Fsp3) is 0.444. The molecule has 13 heavy (non-hydrogen) atoms. The van der Waals surface area contributed by atoms with Crippen LogP contribution in [0.3, 0.4) is 0 Å². The number of hydrogen-bond donors (Lipinski definition) is 0. The molecule has 0 fully saturated rings. The third kappa shape index (κ3) is 2.86. The summed E-state index contributed by atoms with van der Waals surface area (Å²) in [5.41, 5.74) is 0.887. The van der Waals surface area contributed by atoms with E-state index in [2.05, 4.69) is 4.98 Å². The Hall–Kier alpha value is -0.800. The minimum absolute atomic E-state index is 0.504. The maximum Gasteiger partial charge on any atom is 0.152 e. The largest absolute Gasteiger partial charge is 0.361 e. The molecule has 4 heteroatoms. The zero-order valence-electron chi connectivity index (χ0n) is 7.83. The number of halogens is 1. The smallest absolute Gasteiger partial charge is 0.152 e. The summed E-state index contributed by atoms with van der Waals surface area (Å²) in [5.74, 6) is 0. The van der Waals surface area contributed by atoms with Crippen LogP contribution in [0.2, 0.25) is 5.15 Å². The van der Waals surface area contributed by atoms with E-state index >= 15 is 0 Å². The summed E-state index contributed by atoms with van der Waals surface area (Å²) < 4.78 is 5.24. The van der Waals surface area contributed by atoms with E-state index in [9.17, 15) is 0 Å². The van der Waals surface area contributed by atoms with E-state index in [4.69, 9.17) is 16.3 Å². The predicted molar refractivity (Wildman–Crippen MR) is 54.1 cm³/mol. The van der Waals surface area contributed by atoms with Crippen LogP contribution < -0.4 is 4.90 Å². The topological polar surface area (TPSA) is 25.4 Å². The van der Waals surface area contributed by atoms with Crippen LogP contribution >= 0.6 is 11.6 Å². The first kappa shape index (κ1) is 10.3. The Bertz CT molecular complexity index is 268. The van der Waals surface area contributed by atoms with Crippen LogP contribution in [0.4, 0.5) is 5.69 Å². The first-order valence-electron chi connectivity index (χ1n) is 4.15. The van der Waals surface area contributed by atoms with Crippen molar-refractivity contribution in [3.05, 3.63) is 23.5 Å². The summed E-state index contributed by atoms with van der Waals surface area (Å²) in [6, 6.07) is 3.76. The standard InChI is InChI=1S/C9H13ClN2O/c1-3-13-7-12(2)8-5-4-6-11-9(8)10/h4-6H,3,7H2,1-2H3. The molecule has 0 aliphatic heterocycles. The molecule has 0 amide bonds. The molecule has 0 atom stereocenters. The van der Waals surface area contributed by atoms with E-state index in [-0.39, 0.29) is 0 Å². The van der Waals surface area contributed by atoms with Gasteiger partial charge in [-0.05, 0) is 19.1 Å². The van der Waals surface area contributed by atoms with E-state index in [0.717, 1.165) is 5.69 Å². The maximum atomic E-state index is 5.89. The average molecular weight is 201 g/mol. The normalized spacial score (nSPS) is 10.1. The molecule has 1 heterocycles. The van der Waals surface area contributed by atoms with Crippen LogP contribution in [-0.4, -0.2) is 25.4 Å². The van der Waals surface area contributed by atoms with Gasteiger partial charge in [-0.3, -0.25) is 0 Å². The van der Waals surface area contributed by atoms with Gasteiger partial charge in [0.05, 0.1) is 5.69 Å². The molecule has 0 aliphatic rings. The van der Waals surface area contributed by atoms with Crippen LogP contribution in [0, 0.1) is 0 Å². The number of anilines is 1. The molecular weight excluding hydrogens is 188 g/mol. The summed E-state index contributed by atoms with van der Waals surface area (Å²) in [7, 11) is 1.92. The summed E-state index contributed by atoms with van der Waals surface area (Å²) in [4.78, 5) is 5.89. The summed E-state index contributed by atoms with van der Waals surface area (Å²) >= 11 is 5.89. The molecule has 0 aliphatic carbocycles. The quantitative estimate of drug-likeness (QED) is 0.550. The van der Waals surface area contributed by atoms with Gasteiger partial charge in [0, 0.05) is 19.9 Å². The third-order valence-corrected chi connectivity index (χ3v) is 1.93. The molecule has 0 N–H and O–H groups in total. The van der Waals surface area contributed by atoms with Crippen LogP contribution in [-0.2, 0) is 4.74 Å². The van der Waals surface area contributed by atoms with Crippen molar-refractivity contribution in [2.75, 3.05) is 25.3 Å². The van der Waals surface area contributed by atoms with Crippen LogP contribution in [0.15, 0.2) is 18.3 Å². The second-order valence-electron chi connectivity index (χ2n) is 2.63. The lowest BCUT2D eigenvalue weighted by molar-refractivity contribution is 0.151. The molecule has 1 aromatic rings. The van der Waals surface area contributed by atoms with E-state index in [1.54, 1.807) is 6.20 Å². The van der Waals surface area contributed by atoms with E-state index in [1.165, 1.54) is 0 Å². The molecule has 1 aromatic heterocycles. The Balaban J connectivity index is 2.65. The van der Waals surface area contributed by atoms with Crippen molar-refractivity contribution in [2.45, 2.75) is 6.92 Å². The van der Waals surface area contributed by atoms with Gasteiger partial charge < -0.3 is 9.64 Å². The van der Waals surface area contributed by atoms with E-state index in [1.807, 2.05) is 31.0 Å². The first-order valence-corrected chi connectivity index (χ1v) is 4.53. The fourth-order valence-electron chi connectivity index (χ4n) is 0.960. The van der Waals surface area contributed by atoms with Crippen LogP contribution in [0.25, 0.3) is 0 Å². The van der Waals surface area contributed by atoms with Gasteiger partial charge in [-0.15, -0.1) is 0 Å². The Kier molecular flexibility index (Phi) is 3.99. The van der Waals surface area contributed by atoms with Gasteiger partial charge in [0.1, 0.15) is 6.73 Å². The average Bonchev–Trinajstić information content (AvgIpc) is 2.15. The highest BCUT2D eigenvalue weighted by Gasteiger charge is 2.04. The van der Waals surface area contributed by atoms with Crippen molar-refractivity contribution in [2.24, 2.45) is 0 Å². The summed E-state index contributed by atoms with van der Waals surface area (Å²) in [6.07, 6.45) is 1.67. The first-order chi connectivity index (χ1) is 6.25. The molecule has 3 nitrogen and oxygen atoms in total. The molecule has 0 spiro atoms. The molecule has 0 saturated heterocycles. The Morgan fingerprint density at radius 3 is 3.00 bits per heavy atom. The van der Waals surface area contributed by atoms with Crippen molar-refractivity contribution < 1.29 is 4.74 Å². The minimum Gasteiger partial charge on any atom is -0.361 e. The highest BCUT2D eigenvalue weighted by atomic mass is 35.5. The van der Waals surface area contributed by atoms with Crippen molar-refractivity contribution in [3.63, 3.8) is 0 Å². The lowest BCUT2D eigenvalue weighted by Crippen LogP contribution is -2.21. The SMILES string of the molecule is CCOCN(C)c1cccnc1Cl. The van der Waals surface area contributed by atoms with Gasteiger partial charge in [-0.1, -0.05) is 11.6 Å². The monoisotopic (exact) mass is 200 g/mol.